The van der Waals surface area contributed by atoms with Crippen molar-refractivity contribution in [2.24, 2.45) is 0 Å². The molecule has 3 rings (SSSR count). The summed E-state index contributed by atoms with van der Waals surface area (Å²) in [6, 6.07) is 7.79. The van der Waals surface area contributed by atoms with E-state index in [-0.39, 0.29) is 11.8 Å². The van der Waals surface area contributed by atoms with Gasteiger partial charge in [0, 0.05) is 58.4 Å². The van der Waals surface area contributed by atoms with Crippen molar-refractivity contribution in [3.8, 4) is 5.75 Å². The zero-order chi connectivity index (χ0) is 20.6. The zero-order valence-corrected chi connectivity index (χ0v) is 17.8. The summed E-state index contributed by atoms with van der Waals surface area (Å²) < 4.78 is 5.38. The lowest BCUT2D eigenvalue weighted by atomic mass is 10.1. The Morgan fingerprint density at radius 3 is 2.21 bits per heavy atom. The van der Waals surface area contributed by atoms with E-state index in [2.05, 4.69) is 9.80 Å². The van der Waals surface area contributed by atoms with E-state index in [0.29, 0.717) is 19.6 Å². The standard InChI is InChI=1S/C22H34N4O3/c1-23(16-19-8-4-5-9-20(19)29-2)21(27)17-24-12-14-25(15-13-24)18-22(28)26-10-6-3-7-11-26/h4-5,8-9H,3,6-7,10-18H2,1-2H3. The number of carbonyl (C=O) groups excluding carboxylic acids is 2. The van der Waals surface area contributed by atoms with Gasteiger partial charge in [-0.15, -0.1) is 0 Å². The molecule has 2 saturated heterocycles. The molecule has 0 radical (unpaired) electrons. The molecule has 1 aromatic carbocycles. The van der Waals surface area contributed by atoms with Gasteiger partial charge >= 0.3 is 0 Å². The van der Waals surface area contributed by atoms with Crippen LogP contribution in [0, 0.1) is 0 Å². The molecule has 160 valence electrons. The van der Waals surface area contributed by atoms with Crippen LogP contribution in [0.4, 0.5) is 0 Å². The fourth-order valence-corrected chi connectivity index (χ4v) is 4.03. The van der Waals surface area contributed by atoms with Crippen LogP contribution in [0.25, 0.3) is 0 Å². The molecule has 2 fully saturated rings. The van der Waals surface area contributed by atoms with Crippen molar-refractivity contribution in [1.82, 2.24) is 19.6 Å². The lowest BCUT2D eigenvalue weighted by Crippen LogP contribution is -2.52. The number of amides is 2. The van der Waals surface area contributed by atoms with E-state index in [9.17, 15) is 9.59 Å². The highest BCUT2D eigenvalue weighted by molar-refractivity contribution is 5.79. The average Bonchev–Trinajstić information content (AvgIpc) is 2.76. The minimum absolute atomic E-state index is 0.105. The largest absolute Gasteiger partial charge is 0.496 e. The molecule has 1 aromatic rings. The lowest BCUT2D eigenvalue weighted by molar-refractivity contribution is -0.135. The van der Waals surface area contributed by atoms with Crippen molar-refractivity contribution in [3.63, 3.8) is 0 Å². The predicted octanol–water partition coefficient (Wildman–Crippen LogP) is 1.28. The molecule has 2 amide bonds. The predicted molar refractivity (Wildman–Crippen MR) is 113 cm³/mol. The lowest BCUT2D eigenvalue weighted by Gasteiger charge is -2.36. The van der Waals surface area contributed by atoms with Crippen LogP contribution in [0.1, 0.15) is 24.8 Å². The number of para-hydroxylation sites is 1. The summed E-state index contributed by atoms with van der Waals surface area (Å²) >= 11 is 0. The first-order valence-electron chi connectivity index (χ1n) is 10.6. The molecule has 2 aliphatic rings. The minimum atomic E-state index is 0.105. The normalized spacial score (nSPS) is 18.5. The monoisotopic (exact) mass is 402 g/mol. The number of ether oxygens (including phenoxy) is 1. The third-order valence-corrected chi connectivity index (χ3v) is 5.92. The molecule has 0 bridgehead atoms. The van der Waals surface area contributed by atoms with Gasteiger partial charge in [-0.2, -0.15) is 0 Å². The Morgan fingerprint density at radius 1 is 0.931 bits per heavy atom. The van der Waals surface area contributed by atoms with Gasteiger partial charge in [0.15, 0.2) is 0 Å². The molecule has 0 spiro atoms. The fourth-order valence-electron chi connectivity index (χ4n) is 4.03. The average molecular weight is 403 g/mol. The molecule has 7 heteroatoms. The number of piperazine rings is 1. The van der Waals surface area contributed by atoms with Crippen LogP contribution in [0.15, 0.2) is 24.3 Å². The van der Waals surface area contributed by atoms with E-state index in [0.717, 1.165) is 63.4 Å². The van der Waals surface area contributed by atoms with Crippen molar-refractivity contribution in [2.75, 3.05) is 66.5 Å². The molecule has 0 saturated carbocycles. The number of likely N-dealkylation sites (N-methyl/N-ethyl adjacent to an activating group) is 1. The summed E-state index contributed by atoms with van der Waals surface area (Å²) in [6.07, 6.45) is 3.50. The summed E-state index contributed by atoms with van der Waals surface area (Å²) in [7, 11) is 3.48. The van der Waals surface area contributed by atoms with Crippen molar-refractivity contribution >= 4 is 11.8 Å². The Bertz CT molecular complexity index is 682. The van der Waals surface area contributed by atoms with Crippen LogP contribution in [-0.2, 0) is 16.1 Å². The third kappa shape index (κ3) is 6.18. The zero-order valence-electron chi connectivity index (χ0n) is 17.8. The van der Waals surface area contributed by atoms with E-state index in [4.69, 9.17) is 4.74 Å². The Morgan fingerprint density at radius 2 is 1.55 bits per heavy atom. The SMILES string of the molecule is COc1ccccc1CN(C)C(=O)CN1CCN(CC(=O)N2CCCCC2)CC1. The molecule has 7 nitrogen and oxygen atoms in total. The molecule has 29 heavy (non-hydrogen) atoms. The number of likely N-dealkylation sites (tertiary alicyclic amines) is 1. The summed E-state index contributed by atoms with van der Waals surface area (Å²) in [5.74, 6) is 1.17. The van der Waals surface area contributed by atoms with Gasteiger partial charge in [-0.3, -0.25) is 19.4 Å². The smallest absolute Gasteiger partial charge is 0.236 e. The number of rotatable bonds is 7. The van der Waals surface area contributed by atoms with E-state index < -0.39 is 0 Å². The van der Waals surface area contributed by atoms with Gasteiger partial charge in [0.05, 0.1) is 20.2 Å². The second-order valence-electron chi connectivity index (χ2n) is 8.06. The maximum absolute atomic E-state index is 12.7. The van der Waals surface area contributed by atoms with Gasteiger partial charge in [0.2, 0.25) is 11.8 Å². The number of benzene rings is 1. The van der Waals surface area contributed by atoms with E-state index in [1.54, 1.807) is 12.0 Å². The Labute approximate surface area is 174 Å². The number of hydrogen-bond acceptors (Lipinski definition) is 5. The number of methoxy groups -OCH3 is 1. The summed E-state index contributed by atoms with van der Waals surface area (Å²) in [5, 5.41) is 0. The van der Waals surface area contributed by atoms with Gasteiger partial charge in [0.1, 0.15) is 5.75 Å². The Balaban J connectivity index is 1.40. The van der Waals surface area contributed by atoms with Crippen LogP contribution >= 0.6 is 0 Å². The van der Waals surface area contributed by atoms with Gasteiger partial charge in [-0.25, -0.2) is 0 Å². The molecule has 0 N–H and O–H groups in total. The molecular formula is C22H34N4O3. The van der Waals surface area contributed by atoms with E-state index in [1.165, 1.54) is 6.42 Å². The first kappa shape index (κ1) is 21.6. The maximum Gasteiger partial charge on any atom is 0.236 e. The van der Waals surface area contributed by atoms with Gasteiger partial charge < -0.3 is 14.5 Å². The van der Waals surface area contributed by atoms with Crippen molar-refractivity contribution in [2.45, 2.75) is 25.8 Å². The third-order valence-electron chi connectivity index (χ3n) is 5.92. The second-order valence-corrected chi connectivity index (χ2v) is 8.06. The highest BCUT2D eigenvalue weighted by Gasteiger charge is 2.24. The summed E-state index contributed by atoms with van der Waals surface area (Å²) in [5.41, 5.74) is 1.01. The molecule has 0 atom stereocenters. The quantitative estimate of drug-likeness (QED) is 0.688. The second kappa shape index (κ2) is 10.6. The number of carbonyl (C=O) groups is 2. The first-order chi connectivity index (χ1) is 14.1. The highest BCUT2D eigenvalue weighted by Crippen LogP contribution is 2.19. The molecule has 0 unspecified atom stereocenters. The minimum Gasteiger partial charge on any atom is -0.496 e. The van der Waals surface area contributed by atoms with Crippen LogP contribution in [0.2, 0.25) is 0 Å². The number of nitrogens with zero attached hydrogens (tertiary/aromatic N) is 4. The topological polar surface area (TPSA) is 56.3 Å². The number of hydrogen-bond donors (Lipinski definition) is 0. The van der Waals surface area contributed by atoms with E-state index >= 15 is 0 Å². The summed E-state index contributed by atoms with van der Waals surface area (Å²) in [4.78, 5) is 33.3. The fraction of sp³-hybridized carbons (Fsp3) is 0.636. The molecule has 0 aliphatic carbocycles. The molecule has 2 aliphatic heterocycles. The van der Waals surface area contributed by atoms with Crippen LogP contribution in [-0.4, -0.2) is 97.9 Å². The molecule has 2 heterocycles. The van der Waals surface area contributed by atoms with Crippen molar-refractivity contribution in [1.29, 1.82) is 0 Å². The van der Waals surface area contributed by atoms with Crippen molar-refractivity contribution in [3.05, 3.63) is 29.8 Å². The van der Waals surface area contributed by atoms with Crippen LogP contribution in [0.5, 0.6) is 5.75 Å². The highest BCUT2D eigenvalue weighted by atomic mass is 16.5. The molecular weight excluding hydrogens is 368 g/mol. The Kier molecular flexibility index (Phi) is 7.89. The van der Waals surface area contributed by atoms with Gasteiger partial charge in [0.25, 0.3) is 0 Å². The first-order valence-corrected chi connectivity index (χ1v) is 10.6. The number of piperidine rings is 1. The van der Waals surface area contributed by atoms with E-state index in [1.807, 2.05) is 36.2 Å². The van der Waals surface area contributed by atoms with Gasteiger partial charge in [-0.05, 0) is 25.3 Å². The van der Waals surface area contributed by atoms with Crippen molar-refractivity contribution < 1.29 is 14.3 Å². The molecule has 0 aromatic heterocycles. The summed E-state index contributed by atoms with van der Waals surface area (Å²) in [6.45, 7) is 6.59. The Hall–Kier alpha value is -2.12. The maximum atomic E-state index is 12.7. The van der Waals surface area contributed by atoms with Crippen LogP contribution < -0.4 is 4.74 Å². The van der Waals surface area contributed by atoms with Crippen LogP contribution in [0.3, 0.4) is 0 Å². The van der Waals surface area contributed by atoms with Gasteiger partial charge in [-0.1, -0.05) is 18.2 Å².